The number of amides is 2. The maximum absolute atomic E-state index is 12.9. The molecule has 1 heterocycles. The van der Waals surface area contributed by atoms with Crippen LogP contribution in [-0.4, -0.2) is 43.4 Å². The zero-order valence-corrected chi connectivity index (χ0v) is 18.7. The molecule has 2 atom stereocenters. The third kappa shape index (κ3) is 5.71. The molecule has 8 heteroatoms. The van der Waals surface area contributed by atoms with Gasteiger partial charge in [0.2, 0.25) is 15.9 Å². The first-order chi connectivity index (χ1) is 14.8. The Labute approximate surface area is 183 Å². The Balaban J connectivity index is 1.70. The smallest absolute Gasteiger partial charge is 0.253 e. The number of hydrogen-bond donors (Lipinski definition) is 2. The number of sulfonamides is 1. The van der Waals surface area contributed by atoms with Gasteiger partial charge in [-0.2, -0.15) is 0 Å². The van der Waals surface area contributed by atoms with E-state index in [9.17, 15) is 18.0 Å². The molecule has 3 rings (SSSR count). The molecule has 2 N–H and O–H groups in total. The van der Waals surface area contributed by atoms with Gasteiger partial charge in [0, 0.05) is 13.1 Å². The Morgan fingerprint density at radius 3 is 2.48 bits per heavy atom. The predicted molar refractivity (Wildman–Crippen MR) is 121 cm³/mol. The zero-order valence-electron chi connectivity index (χ0n) is 17.9. The van der Waals surface area contributed by atoms with E-state index in [-0.39, 0.29) is 30.2 Å². The average Bonchev–Trinajstić information content (AvgIpc) is 2.80. The van der Waals surface area contributed by atoms with Crippen LogP contribution >= 0.6 is 0 Å². The lowest BCUT2D eigenvalue weighted by Gasteiger charge is -2.31. The monoisotopic (exact) mass is 443 g/mol. The van der Waals surface area contributed by atoms with Crippen molar-refractivity contribution in [3.8, 4) is 0 Å². The van der Waals surface area contributed by atoms with Crippen molar-refractivity contribution in [2.45, 2.75) is 32.7 Å². The quantitative estimate of drug-likeness (QED) is 0.687. The molecular weight excluding hydrogens is 414 g/mol. The second kappa shape index (κ2) is 10.1. The van der Waals surface area contributed by atoms with Crippen molar-refractivity contribution in [1.29, 1.82) is 0 Å². The number of carbonyl (C=O) groups is 2. The summed E-state index contributed by atoms with van der Waals surface area (Å²) in [5.74, 6) is -0.989. The summed E-state index contributed by atoms with van der Waals surface area (Å²) in [6.07, 6.45) is 1.25. The fraction of sp³-hybridized carbons (Fsp3) is 0.391. The van der Waals surface area contributed by atoms with Crippen molar-refractivity contribution >= 4 is 27.5 Å². The van der Waals surface area contributed by atoms with Crippen LogP contribution in [0.25, 0.3) is 0 Å². The van der Waals surface area contributed by atoms with Gasteiger partial charge in [-0.05, 0) is 44.4 Å². The molecule has 2 aromatic rings. The summed E-state index contributed by atoms with van der Waals surface area (Å²) in [5.41, 5.74) is 1.77. The van der Waals surface area contributed by atoms with Crippen molar-refractivity contribution in [3.63, 3.8) is 0 Å². The molecule has 0 saturated carbocycles. The van der Waals surface area contributed by atoms with Crippen LogP contribution in [-0.2, 0) is 14.8 Å². The van der Waals surface area contributed by atoms with E-state index >= 15 is 0 Å². The molecular formula is C23H29N3O4S. The number of para-hydroxylation sites is 1. The fourth-order valence-corrected chi connectivity index (χ4v) is 4.90. The number of carbonyl (C=O) groups excluding carboxylic acids is 2. The van der Waals surface area contributed by atoms with E-state index in [2.05, 4.69) is 10.6 Å². The Morgan fingerprint density at radius 2 is 1.77 bits per heavy atom. The van der Waals surface area contributed by atoms with E-state index in [1.54, 1.807) is 31.2 Å². The largest absolute Gasteiger partial charge is 0.345 e. The van der Waals surface area contributed by atoms with E-state index in [4.69, 9.17) is 0 Å². The number of nitrogens with one attached hydrogen (secondary N) is 2. The van der Waals surface area contributed by atoms with Crippen LogP contribution in [0.4, 0.5) is 5.69 Å². The minimum absolute atomic E-state index is 0.0178. The first kappa shape index (κ1) is 23.0. The molecule has 0 spiro atoms. The van der Waals surface area contributed by atoms with Gasteiger partial charge in [0.1, 0.15) is 0 Å². The Bertz CT molecular complexity index is 1020. The van der Waals surface area contributed by atoms with Gasteiger partial charge in [-0.25, -0.2) is 12.7 Å². The van der Waals surface area contributed by atoms with E-state index in [1.165, 1.54) is 4.31 Å². The molecule has 0 aliphatic carbocycles. The number of hydrogen-bond acceptors (Lipinski definition) is 4. The minimum atomic E-state index is -3.33. The van der Waals surface area contributed by atoms with Crippen LogP contribution in [0.15, 0.2) is 54.6 Å². The van der Waals surface area contributed by atoms with Crippen molar-refractivity contribution in [3.05, 3.63) is 65.7 Å². The van der Waals surface area contributed by atoms with E-state index in [0.29, 0.717) is 30.6 Å². The van der Waals surface area contributed by atoms with Gasteiger partial charge in [-0.1, -0.05) is 42.5 Å². The molecule has 1 aliphatic heterocycles. The van der Waals surface area contributed by atoms with Crippen LogP contribution in [0.3, 0.4) is 0 Å². The molecule has 0 bridgehead atoms. The first-order valence-corrected chi connectivity index (χ1v) is 12.2. The maximum Gasteiger partial charge on any atom is 0.253 e. The van der Waals surface area contributed by atoms with Gasteiger partial charge in [0.05, 0.1) is 29.0 Å². The minimum Gasteiger partial charge on any atom is -0.345 e. The van der Waals surface area contributed by atoms with Gasteiger partial charge in [0.25, 0.3) is 5.91 Å². The van der Waals surface area contributed by atoms with E-state index in [1.807, 2.05) is 37.3 Å². The fourth-order valence-electron chi connectivity index (χ4n) is 3.72. The van der Waals surface area contributed by atoms with Crippen molar-refractivity contribution in [1.82, 2.24) is 9.62 Å². The molecule has 2 aromatic carbocycles. The normalized spacial score (nSPS) is 18.2. The highest BCUT2D eigenvalue weighted by atomic mass is 32.2. The lowest BCUT2D eigenvalue weighted by atomic mass is 9.98. The predicted octanol–water partition coefficient (Wildman–Crippen LogP) is 3.18. The molecule has 2 unspecified atom stereocenters. The lowest BCUT2D eigenvalue weighted by molar-refractivity contribution is -0.120. The standard InChI is InChI=1S/C23H29N3O4S/c1-3-31(29,30)26-15-9-12-19(16-26)22(27)25-21-14-8-7-13-20(21)23(28)24-17(2)18-10-5-4-6-11-18/h4-8,10-11,13-14,17,19H,3,9,12,15-16H2,1-2H3,(H,24,28)(H,25,27). The SMILES string of the molecule is CCS(=O)(=O)N1CCCC(C(=O)Nc2ccccc2C(=O)NC(C)c2ccccc2)C1. The zero-order chi connectivity index (χ0) is 22.4. The molecule has 2 amide bonds. The summed E-state index contributed by atoms with van der Waals surface area (Å²) in [6.45, 7) is 4.11. The molecule has 1 saturated heterocycles. The third-order valence-electron chi connectivity index (χ3n) is 5.59. The Morgan fingerprint density at radius 1 is 1.10 bits per heavy atom. The van der Waals surface area contributed by atoms with Crippen LogP contribution in [0, 0.1) is 5.92 Å². The second-order valence-corrected chi connectivity index (χ2v) is 10.00. The van der Waals surface area contributed by atoms with Crippen LogP contribution in [0.5, 0.6) is 0 Å². The molecule has 1 aliphatic rings. The highest BCUT2D eigenvalue weighted by Crippen LogP contribution is 2.23. The first-order valence-electron chi connectivity index (χ1n) is 10.6. The number of rotatable bonds is 7. The van der Waals surface area contributed by atoms with E-state index in [0.717, 1.165) is 5.56 Å². The number of benzene rings is 2. The van der Waals surface area contributed by atoms with Gasteiger partial charge >= 0.3 is 0 Å². The van der Waals surface area contributed by atoms with Crippen molar-refractivity contribution < 1.29 is 18.0 Å². The highest BCUT2D eigenvalue weighted by molar-refractivity contribution is 7.89. The molecule has 166 valence electrons. The molecule has 7 nitrogen and oxygen atoms in total. The average molecular weight is 444 g/mol. The van der Waals surface area contributed by atoms with Gasteiger partial charge < -0.3 is 10.6 Å². The second-order valence-electron chi connectivity index (χ2n) is 7.74. The van der Waals surface area contributed by atoms with Crippen LogP contribution in [0.2, 0.25) is 0 Å². The topological polar surface area (TPSA) is 95.6 Å². The molecule has 0 radical (unpaired) electrons. The third-order valence-corrected chi connectivity index (χ3v) is 7.44. The summed E-state index contributed by atoms with van der Waals surface area (Å²) in [7, 11) is -3.33. The number of piperidine rings is 1. The number of nitrogens with zero attached hydrogens (tertiary/aromatic N) is 1. The Kier molecular flexibility index (Phi) is 7.46. The summed E-state index contributed by atoms with van der Waals surface area (Å²) >= 11 is 0. The lowest BCUT2D eigenvalue weighted by Crippen LogP contribution is -2.44. The van der Waals surface area contributed by atoms with Gasteiger partial charge in [0.15, 0.2) is 0 Å². The number of anilines is 1. The maximum atomic E-state index is 12.9. The van der Waals surface area contributed by atoms with Crippen molar-refractivity contribution in [2.24, 2.45) is 5.92 Å². The molecule has 1 fully saturated rings. The van der Waals surface area contributed by atoms with E-state index < -0.39 is 15.9 Å². The molecule has 0 aromatic heterocycles. The molecule has 31 heavy (non-hydrogen) atoms. The van der Waals surface area contributed by atoms with Crippen LogP contribution in [0.1, 0.15) is 48.7 Å². The summed E-state index contributed by atoms with van der Waals surface area (Å²) < 4.78 is 25.8. The van der Waals surface area contributed by atoms with Gasteiger partial charge in [-0.15, -0.1) is 0 Å². The van der Waals surface area contributed by atoms with Crippen molar-refractivity contribution in [2.75, 3.05) is 24.2 Å². The summed E-state index contributed by atoms with van der Waals surface area (Å²) in [6, 6.07) is 16.3. The van der Waals surface area contributed by atoms with Crippen LogP contribution < -0.4 is 10.6 Å². The Hall–Kier alpha value is -2.71. The summed E-state index contributed by atoms with van der Waals surface area (Å²) in [4.78, 5) is 25.8. The summed E-state index contributed by atoms with van der Waals surface area (Å²) in [5, 5.41) is 5.81. The highest BCUT2D eigenvalue weighted by Gasteiger charge is 2.31. The van der Waals surface area contributed by atoms with Gasteiger partial charge in [-0.3, -0.25) is 9.59 Å².